The van der Waals surface area contributed by atoms with Crippen LogP contribution in [-0.2, 0) is 19.1 Å². The maximum atomic E-state index is 11.9. The van der Waals surface area contributed by atoms with Crippen molar-refractivity contribution in [2.75, 3.05) is 26.4 Å². The lowest BCUT2D eigenvalue weighted by Gasteiger charge is -2.20. The van der Waals surface area contributed by atoms with Crippen molar-refractivity contribution >= 4 is 11.8 Å². The van der Waals surface area contributed by atoms with Crippen molar-refractivity contribution in [1.82, 2.24) is 0 Å². The summed E-state index contributed by atoms with van der Waals surface area (Å²) in [6.07, 6.45) is 0. The zero-order valence-corrected chi connectivity index (χ0v) is 12.8. The molecule has 116 valence electrons. The van der Waals surface area contributed by atoms with E-state index in [4.69, 9.17) is 14.2 Å². The molecule has 0 fully saturated rings. The summed E-state index contributed by atoms with van der Waals surface area (Å²) < 4.78 is 15.6. The van der Waals surface area contributed by atoms with Crippen molar-refractivity contribution in [3.8, 4) is 5.75 Å². The third-order valence-corrected chi connectivity index (χ3v) is 2.96. The first-order valence-electron chi connectivity index (χ1n) is 6.94. The third-order valence-electron chi connectivity index (χ3n) is 2.96. The van der Waals surface area contributed by atoms with Crippen LogP contribution in [-0.4, -0.2) is 38.2 Å². The summed E-state index contributed by atoms with van der Waals surface area (Å²) in [5.74, 6) is -0.0842. The predicted molar refractivity (Wildman–Crippen MR) is 78.2 cm³/mol. The molecule has 0 aromatic heterocycles. The van der Waals surface area contributed by atoms with E-state index in [1.54, 1.807) is 6.92 Å². The summed E-state index contributed by atoms with van der Waals surface area (Å²) >= 11 is 0. The van der Waals surface area contributed by atoms with Gasteiger partial charge in [-0.25, -0.2) is 0 Å². The number of hydrogen-bond donors (Lipinski definition) is 0. The average Bonchev–Trinajstić information content (AvgIpc) is 2.48. The van der Waals surface area contributed by atoms with Gasteiger partial charge in [-0.2, -0.15) is 0 Å². The maximum Gasteiger partial charge on any atom is 0.319 e. The summed E-state index contributed by atoms with van der Waals surface area (Å²) in [5.41, 5.74) is -1.18. The van der Waals surface area contributed by atoms with Crippen LogP contribution < -0.4 is 4.74 Å². The summed E-state index contributed by atoms with van der Waals surface area (Å²) in [6.45, 7) is 5.52. The number of para-hydroxylation sites is 1. The van der Waals surface area contributed by atoms with Crippen molar-refractivity contribution in [2.24, 2.45) is 5.41 Å². The Morgan fingerprint density at radius 1 is 1.10 bits per heavy atom. The van der Waals surface area contributed by atoms with E-state index in [2.05, 4.69) is 0 Å². The highest BCUT2D eigenvalue weighted by Gasteiger charge is 2.37. The van der Waals surface area contributed by atoms with Gasteiger partial charge >= 0.3 is 5.97 Å². The number of benzene rings is 1. The lowest BCUT2D eigenvalue weighted by Crippen LogP contribution is -2.37. The summed E-state index contributed by atoms with van der Waals surface area (Å²) in [6, 6.07) is 9.34. The molecule has 0 bridgehead atoms. The number of carbonyl (C=O) groups is 2. The van der Waals surface area contributed by atoms with E-state index in [-0.39, 0.29) is 25.6 Å². The Morgan fingerprint density at radius 3 is 2.38 bits per heavy atom. The van der Waals surface area contributed by atoms with Gasteiger partial charge in [0.25, 0.3) is 0 Å². The molecule has 0 N–H and O–H groups in total. The molecule has 5 heteroatoms. The number of ether oxygens (including phenoxy) is 3. The van der Waals surface area contributed by atoms with Crippen molar-refractivity contribution in [1.29, 1.82) is 0 Å². The van der Waals surface area contributed by atoms with Gasteiger partial charge in [0.05, 0.1) is 13.2 Å². The Labute approximate surface area is 125 Å². The fourth-order valence-electron chi connectivity index (χ4n) is 1.51. The van der Waals surface area contributed by atoms with Crippen LogP contribution in [0.1, 0.15) is 20.8 Å². The van der Waals surface area contributed by atoms with Crippen LogP contribution in [0.25, 0.3) is 0 Å². The van der Waals surface area contributed by atoms with Crippen LogP contribution >= 0.6 is 0 Å². The molecule has 0 aliphatic rings. The van der Waals surface area contributed by atoms with Crippen LogP contribution in [0.15, 0.2) is 30.3 Å². The van der Waals surface area contributed by atoms with Gasteiger partial charge in [0, 0.05) is 0 Å². The molecule has 0 atom stereocenters. The minimum atomic E-state index is -1.18. The number of carbonyl (C=O) groups excluding carboxylic acids is 2. The normalized spacial score (nSPS) is 11.0. The molecule has 5 nitrogen and oxygen atoms in total. The standard InChI is InChI=1S/C16H22O5/c1-4-20-15(18)16(2,3)14(17)12-19-10-11-21-13-8-6-5-7-9-13/h5-9H,4,10-12H2,1-3H3. The van der Waals surface area contributed by atoms with Crippen molar-refractivity contribution < 1.29 is 23.8 Å². The van der Waals surface area contributed by atoms with E-state index < -0.39 is 11.4 Å². The van der Waals surface area contributed by atoms with Gasteiger partial charge in [0.15, 0.2) is 5.78 Å². The molecule has 0 saturated heterocycles. The highest BCUT2D eigenvalue weighted by Crippen LogP contribution is 2.19. The van der Waals surface area contributed by atoms with E-state index >= 15 is 0 Å². The molecular weight excluding hydrogens is 272 g/mol. The van der Waals surface area contributed by atoms with Crippen LogP contribution in [0.4, 0.5) is 0 Å². The first-order valence-corrected chi connectivity index (χ1v) is 6.94. The van der Waals surface area contributed by atoms with Crippen LogP contribution in [0.2, 0.25) is 0 Å². The molecule has 0 spiro atoms. The predicted octanol–water partition coefficient (Wildman–Crippen LogP) is 2.24. The van der Waals surface area contributed by atoms with Gasteiger partial charge in [-0.15, -0.1) is 0 Å². The molecule has 1 aromatic carbocycles. The fraction of sp³-hybridized carbons (Fsp3) is 0.500. The molecule has 21 heavy (non-hydrogen) atoms. The highest BCUT2D eigenvalue weighted by molar-refractivity contribution is 6.03. The van der Waals surface area contributed by atoms with Gasteiger partial charge in [0.1, 0.15) is 24.4 Å². The Bertz CT molecular complexity index is 453. The summed E-state index contributed by atoms with van der Waals surface area (Å²) in [7, 11) is 0. The molecule has 0 aliphatic carbocycles. The molecular formula is C16H22O5. The minimum absolute atomic E-state index is 0.135. The third kappa shape index (κ3) is 5.55. The lowest BCUT2D eigenvalue weighted by molar-refractivity contribution is -0.159. The van der Waals surface area contributed by atoms with E-state index in [9.17, 15) is 9.59 Å². The summed E-state index contributed by atoms with van der Waals surface area (Å²) in [4.78, 5) is 23.6. The number of esters is 1. The Kier molecular flexibility index (Phi) is 6.88. The van der Waals surface area contributed by atoms with Crippen LogP contribution in [0.3, 0.4) is 0 Å². The van der Waals surface area contributed by atoms with E-state index in [1.807, 2.05) is 30.3 Å². The van der Waals surface area contributed by atoms with Crippen molar-refractivity contribution in [2.45, 2.75) is 20.8 Å². The quantitative estimate of drug-likeness (QED) is 0.397. The molecule has 1 rings (SSSR count). The number of hydrogen-bond acceptors (Lipinski definition) is 5. The largest absolute Gasteiger partial charge is 0.491 e. The molecule has 0 amide bonds. The lowest BCUT2D eigenvalue weighted by atomic mass is 9.88. The van der Waals surface area contributed by atoms with Gasteiger partial charge in [-0.3, -0.25) is 9.59 Å². The van der Waals surface area contributed by atoms with Gasteiger partial charge < -0.3 is 14.2 Å². The summed E-state index contributed by atoms with van der Waals surface area (Å²) in [5, 5.41) is 0. The second-order valence-electron chi connectivity index (χ2n) is 4.98. The van der Waals surface area contributed by atoms with E-state index in [1.165, 1.54) is 13.8 Å². The second kappa shape index (κ2) is 8.42. The number of ketones is 1. The Morgan fingerprint density at radius 2 is 1.76 bits per heavy atom. The number of Topliss-reactive ketones (excluding diaryl/α,β-unsaturated/α-hetero) is 1. The average molecular weight is 294 g/mol. The van der Waals surface area contributed by atoms with Crippen molar-refractivity contribution in [3.05, 3.63) is 30.3 Å². The Hall–Kier alpha value is -1.88. The van der Waals surface area contributed by atoms with Crippen LogP contribution in [0, 0.1) is 5.41 Å². The highest BCUT2D eigenvalue weighted by atomic mass is 16.5. The minimum Gasteiger partial charge on any atom is -0.491 e. The van der Waals surface area contributed by atoms with Gasteiger partial charge in [0.2, 0.25) is 0 Å². The van der Waals surface area contributed by atoms with Crippen molar-refractivity contribution in [3.63, 3.8) is 0 Å². The molecule has 1 aromatic rings. The zero-order chi connectivity index (χ0) is 15.7. The van der Waals surface area contributed by atoms with Gasteiger partial charge in [-0.1, -0.05) is 18.2 Å². The molecule has 0 radical (unpaired) electrons. The molecule has 0 saturated carbocycles. The first kappa shape index (κ1) is 17.2. The second-order valence-corrected chi connectivity index (χ2v) is 4.98. The zero-order valence-electron chi connectivity index (χ0n) is 12.8. The topological polar surface area (TPSA) is 61.8 Å². The number of rotatable bonds is 9. The molecule has 0 aliphatic heterocycles. The fourth-order valence-corrected chi connectivity index (χ4v) is 1.51. The first-order chi connectivity index (χ1) is 9.98. The Balaban J connectivity index is 2.25. The van der Waals surface area contributed by atoms with E-state index in [0.717, 1.165) is 5.75 Å². The smallest absolute Gasteiger partial charge is 0.319 e. The van der Waals surface area contributed by atoms with E-state index in [0.29, 0.717) is 6.61 Å². The van der Waals surface area contributed by atoms with Gasteiger partial charge in [-0.05, 0) is 32.9 Å². The molecule has 0 heterocycles. The SMILES string of the molecule is CCOC(=O)C(C)(C)C(=O)COCCOc1ccccc1. The maximum absolute atomic E-state index is 11.9. The monoisotopic (exact) mass is 294 g/mol. The van der Waals surface area contributed by atoms with Crippen LogP contribution in [0.5, 0.6) is 5.75 Å². The molecule has 0 unspecified atom stereocenters.